The van der Waals surface area contributed by atoms with Crippen LogP contribution >= 0.6 is 0 Å². The van der Waals surface area contributed by atoms with Crippen LogP contribution in [0.4, 0.5) is 5.69 Å². The first-order chi connectivity index (χ1) is 14.4. The second-order valence-electron chi connectivity index (χ2n) is 7.38. The summed E-state index contributed by atoms with van der Waals surface area (Å²) in [4.78, 5) is 36.6. The van der Waals surface area contributed by atoms with Crippen LogP contribution in [0.25, 0.3) is 6.08 Å². The minimum Gasteiger partial charge on any atom is -0.451 e. The van der Waals surface area contributed by atoms with Crippen LogP contribution in [-0.4, -0.2) is 29.9 Å². The van der Waals surface area contributed by atoms with Crippen molar-refractivity contribution in [2.24, 2.45) is 0 Å². The Morgan fingerprint density at radius 1 is 1.00 bits per heavy atom. The van der Waals surface area contributed by atoms with E-state index in [0.29, 0.717) is 5.69 Å². The lowest BCUT2D eigenvalue weighted by atomic mass is 10.1. The topological polar surface area (TPSA) is 84.5 Å². The maximum absolute atomic E-state index is 12.4. The zero-order valence-corrected chi connectivity index (χ0v) is 17.2. The van der Waals surface area contributed by atoms with Gasteiger partial charge in [0.05, 0.1) is 0 Å². The van der Waals surface area contributed by atoms with Crippen molar-refractivity contribution in [3.63, 3.8) is 0 Å². The summed E-state index contributed by atoms with van der Waals surface area (Å²) in [6.45, 7) is 3.02. The molecule has 1 aliphatic carbocycles. The molecule has 156 valence electrons. The Bertz CT molecular complexity index is 953. The van der Waals surface area contributed by atoms with Crippen molar-refractivity contribution in [1.29, 1.82) is 0 Å². The van der Waals surface area contributed by atoms with Crippen molar-refractivity contribution in [3.8, 4) is 0 Å². The zero-order chi connectivity index (χ0) is 21.5. The average Bonchev–Trinajstić information content (AvgIpc) is 3.20. The predicted octanol–water partition coefficient (Wildman–Crippen LogP) is 3.26. The molecule has 0 bridgehead atoms. The number of carbonyl (C=O) groups excluding carboxylic acids is 3. The smallest absolute Gasteiger partial charge is 0.329 e. The number of aryl methyl sites for hydroxylation is 2. The molecule has 0 saturated carbocycles. The summed E-state index contributed by atoms with van der Waals surface area (Å²) in [5.41, 5.74) is 4.13. The van der Waals surface area contributed by atoms with Gasteiger partial charge in [-0.15, -0.1) is 0 Å². The van der Waals surface area contributed by atoms with Crippen LogP contribution in [0.2, 0.25) is 0 Å². The van der Waals surface area contributed by atoms with Gasteiger partial charge in [0.2, 0.25) is 5.91 Å². The minimum atomic E-state index is -0.982. The fourth-order valence-corrected chi connectivity index (χ4v) is 3.28. The predicted molar refractivity (Wildman–Crippen MR) is 116 cm³/mol. The number of hydrogen-bond acceptors (Lipinski definition) is 4. The van der Waals surface area contributed by atoms with Gasteiger partial charge >= 0.3 is 5.97 Å². The quantitative estimate of drug-likeness (QED) is 0.546. The molecule has 0 aliphatic heterocycles. The van der Waals surface area contributed by atoms with Crippen molar-refractivity contribution in [1.82, 2.24) is 5.32 Å². The minimum absolute atomic E-state index is 0.413. The molecule has 0 aromatic heterocycles. The molecular weight excluding hydrogens is 380 g/mol. The third kappa shape index (κ3) is 5.80. The first kappa shape index (κ1) is 21.3. The number of amides is 2. The average molecular weight is 406 g/mol. The molecule has 3 rings (SSSR count). The van der Waals surface area contributed by atoms with Gasteiger partial charge < -0.3 is 15.4 Å². The summed E-state index contributed by atoms with van der Waals surface area (Å²) in [5, 5.41) is 5.32. The summed E-state index contributed by atoms with van der Waals surface area (Å²) >= 11 is 0. The number of fused-ring (bicyclic) bond motifs is 1. The third-order valence-corrected chi connectivity index (χ3v) is 4.97. The molecule has 0 spiro atoms. The van der Waals surface area contributed by atoms with Gasteiger partial charge in [-0.1, -0.05) is 36.4 Å². The van der Waals surface area contributed by atoms with E-state index in [1.807, 2.05) is 48.5 Å². The highest BCUT2D eigenvalue weighted by Crippen LogP contribution is 2.25. The van der Waals surface area contributed by atoms with Crippen LogP contribution in [0.1, 0.15) is 37.0 Å². The van der Waals surface area contributed by atoms with Crippen LogP contribution in [-0.2, 0) is 32.0 Å². The monoisotopic (exact) mass is 406 g/mol. The first-order valence-electron chi connectivity index (χ1n) is 10.1. The number of ether oxygens (including phenoxy) is 1. The molecule has 2 aromatic rings. The van der Waals surface area contributed by atoms with Crippen LogP contribution in [0.3, 0.4) is 0 Å². The number of anilines is 1. The lowest BCUT2D eigenvalue weighted by Crippen LogP contribution is -2.41. The number of carbonyl (C=O) groups is 3. The van der Waals surface area contributed by atoms with Gasteiger partial charge in [-0.3, -0.25) is 9.59 Å². The Hall–Kier alpha value is -3.41. The van der Waals surface area contributed by atoms with Crippen molar-refractivity contribution in [2.45, 2.75) is 45.3 Å². The van der Waals surface area contributed by atoms with E-state index in [1.54, 1.807) is 6.08 Å². The largest absolute Gasteiger partial charge is 0.451 e. The van der Waals surface area contributed by atoms with E-state index in [9.17, 15) is 14.4 Å². The maximum atomic E-state index is 12.4. The summed E-state index contributed by atoms with van der Waals surface area (Å²) in [7, 11) is 0. The lowest BCUT2D eigenvalue weighted by molar-refractivity contribution is -0.155. The van der Waals surface area contributed by atoms with Crippen LogP contribution in [0.5, 0.6) is 0 Å². The number of esters is 1. The molecule has 1 aliphatic rings. The Kier molecular flexibility index (Phi) is 7.01. The standard InChI is InChI=1S/C24H26N2O4/c1-16(25-22(27)14-11-18-7-4-3-5-8-18)24(29)30-17(2)23(28)26-21-13-12-19-9-6-10-20(19)15-21/h3-5,7-8,11-17H,6,9-10H2,1-2H3,(H,25,27)(H,26,28)/b14-11+/t16-,17-/m0/s1. The van der Waals surface area contributed by atoms with Crippen LogP contribution in [0.15, 0.2) is 54.6 Å². The van der Waals surface area contributed by atoms with Gasteiger partial charge in [-0.05, 0) is 68.0 Å². The highest BCUT2D eigenvalue weighted by Gasteiger charge is 2.23. The molecule has 2 amide bonds. The number of benzene rings is 2. The van der Waals surface area contributed by atoms with Gasteiger partial charge in [0.25, 0.3) is 5.91 Å². The van der Waals surface area contributed by atoms with Crippen molar-refractivity contribution in [3.05, 3.63) is 71.3 Å². The van der Waals surface area contributed by atoms with Crippen molar-refractivity contribution in [2.75, 3.05) is 5.32 Å². The molecule has 6 heteroatoms. The molecule has 0 fully saturated rings. The Balaban J connectivity index is 1.47. The van der Waals surface area contributed by atoms with Gasteiger partial charge in [-0.25, -0.2) is 4.79 Å². The van der Waals surface area contributed by atoms with Crippen LogP contribution in [0, 0.1) is 0 Å². The summed E-state index contributed by atoms with van der Waals surface area (Å²) in [6, 6.07) is 14.3. The molecule has 2 N–H and O–H groups in total. The first-order valence-corrected chi connectivity index (χ1v) is 10.1. The van der Waals surface area contributed by atoms with Gasteiger partial charge in [0, 0.05) is 11.8 Å². The SMILES string of the molecule is C[C@H](NC(=O)/C=C/c1ccccc1)C(=O)O[C@@H](C)C(=O)Nc1ccc2c(c1)CCC2. The third-order valence-electron chi connectivity index (χ3n) is 4.97. The van der Waals surface area contributed by atoms with E-state index in [1.165, 1.54) is 31.1 Å². The molecule has 30 heavy (non-hydrogen) atoms. The molecule has 2 atom stereocenters. The van der Waals surface area contributed by atoms with E-state index >= 15 is 0 Å². The normalized spacial score (nSPS) is 14.6. The van der Waals surface area contributed by atoms with E-state index in [0.717, 1.165) is 24.8 Å². The number of nitrogens with one attached hydrogen (secondary N) is 2. The van der Waals surface area contributed by atoms with Crippen molar-refractivity contribution < 1.29 is 19.1 Å². The summed E-state index contributed by atoms with van der Waals surface area (Å²) in [5.74, 6) is -1.50. The lowest BCUT2D eigenvalue weighted by Gasteiger charge is -2.17. The van der Waals surface area contributed by atoms with E-state index < -0.39 is 29.9 Å². The Morgan fingerprint density at radius 2 is 1.73 bits per heavy atom. The Morgan fingerprint density at radius 3 is 2.50 bits per heavy atom. The van der Waals surface area contributed by atoms with E-state index in [2.05, 4.69) is 10.6 Å². The van der Waals surface area contributed by atoms with Gasteiger partial charge in [0.1, 0.15) is 6.04 Å². The summed E-state index contributed by atoms with van der Waals surface area (Å²) in [6.07, 6.45) is 5.24. The molecule has 2 aromatic carbocycles. The van der Waals surface area contributed by atoms with Crippen LogP contribution < -0.4 is 10.6 Å². The van der Waals surface area contributed by atoms with Gasteiger partial charge in [0.15, 0.2) is 6.10 Å². The number of hydrogen-bond donors (Lipinski definition) is 2. The second kappa shape index (κ2) is 9.87. The molecular formula is C24H26N2O4. The highest BCUT2D eigenvalue weighted by atomic mass is 16.5. The zero-order valence-electron chi connectivity index (χ0n) is 17.2. The fourth-order valence-electron chi connectivity index (χ4n) is 3.28. The molecule has 0 saturated heterocycles. The van der Waals surface area contributed by atoms with E-state index in [-0.39, 0.29) is 0 Å². The second-order valence-corrected chi connectivity index (χ2v) is 7.38. The van der Waals surface area contributed by atoms with Crippen molar-refractivity contribution >= 4 is 29.5 Å². The highest BCUT2D eigenvalue weighted by molar-refractivity contribution is 5.97. The van der Waals surface area contributed by atoms with E-state index in [4.69, 9.17) is 4.74 Å². The molecule has 6 nitrogen and oxygen atoms in total. The number of rotatable bonds is 7. The fraction of sp³-hybridized carbons (Fsp3) is 0.292. The molecule has 0 heterocycles. The molecule has 0 unspecified atom stereocenters. The Labute approximate surface area is 176 Å². The maximum Gasteiger partial charge on any atom is 0.329 e. The van der Waals surface area contributed by atoms with Gasteiger partial charge in [-0.2, -0.15) is 0 Å². The molecule has 0 radical (unpaired) electrons. The summed E-state index contributed by atoms with van der Waals surface area (Å²) < 4.78 is 5.21.